The largest absolute Gasteiger partial charge is 0.392 e. The first kappa shape index (κ1) is 14.6. The molecule has 0 bridgehead atoms. The van der Waals surface area contributed by atoms with Crippen LogP contribution in [-0.2, 0) is 11.8 Å². The van der Waals surface area contributed by atoms with Gasteiger partial charge in [0.2, 0.25) is 0 Å². The molecule has 0 amide bonds. The number of hydrogen-bond acceptors (Lipinski definition) is 2. The fourth-order valence-electron chi connectivity index (χ4n) is 0.878. The third-order valence-electron chi connectivity index (χ3n) is 2.94. The molecule has 2 atom stereocenters. The molecule has 1 nitrogen and oxygen atoms in total. The summed E-state index contributed by atoms with van der Waals surface area (Å²) in [6, 6.07) is -1.45. The van der Waals surface area contributed by atoms with Crippen molar-refractivity contribution < 1.29 is 5.11 Å². The summed E-state index contributed by atoms with van der Waals surface area (Å²) < 4.78 is 0. The highest BCUT2D eigenvalue weighted by Gasteiger charge is 2.33. The van der Waals surface area contributed by atoms with Gasteiger partial charge in [0.25, 0.3) is 0 Å². The monoisotopic (exact) mass is 236 g/mol. The fraction of sp³-hybridized carbons (Fsp3) is 1.00. The van der Waals surface area contributed by atoms with Crippen molar-refractivity contribution in [1.29, 1.82) is 0 Å². The van der Waals surface area contributed by atoms with Gasteiger partial charge in [0.1, 0.15) is 0 Å². The van der Waals surface area contributed by atoms with Crippen LogP contribution in [0.4, 0.5) is 0 Å². The van der Waals surface area contributed by atoms with Crippen LogP contribution in [0.2, 0.25) is 0 Å². The topological polar surface area (TPSA) is 20.2 Å². The van der Waals surface area contributed by atoms with E-state index >= 15 is 0 Å². The molecule has 0 fully saturated rings. The molecule has 0 aromatic rings. The summed E-state index contributed by atoms with van der Waals surface area (Å²) in [6.45, 7) is 14.9. The lowest BCUT2D eigenvalue weighted by Gasteiger charge is -2.37. The summed E-state index contributed by atoms with van der Waals surface area (Å²) >= 11 is 5.68. The Morgan fingerprint density at radius 2 is 1.50 bits per heavy atom. The van der Waals surface area contributed by atoms with E-state index in [0.29, 0.717) is 0 Å². The van der Waals surface area contributed by atoms with Gasteiger partial charge in [-0.05, 0) is 23.3 Å². The van der Waals surface area contributed by atoms with Crippen LogP contribution in [0.25, 0.3) is 0 Å². The quantitative estimate of drug-likeness (QED) is 0.742. The first-order valence-corrected chi connectivity index (χ1v) is 8.56. The Labute approximate surface area is 94.3 Å². The average molecular weight is 236 g/mol. The molecule has 0 aromatic heterocycles. The highest BCUT2D eigenvalue weighted by molar-refractivity contribution is 8.15. The first-order chi connectivity index (χ1) is 5.88. The lowest BCUT2D eigenvalue weighted by molar-refractivity contribution is 0.0830. The lowest BCUT2D eigenvalue weighted by Crippen LogP contribution is -2.32. The van der Waals surface area contributed by atoms with Crippen molar-refractivity contribution in [3.8, 4) is 0 Å². The van der Waals surface area contributed by atoms with Crippen molar-refractivity contribution in [2.75, 3.05) is 12.8 Å². The Morgan fingerprint density at radius 3 is 1.71 bits per heavy atom. The van der Waals surface area contributed by atoms with Crippen molar-refractivity contribution in [1.82, 2.24) is 0 Å². The Balaban J connectivity index is 4.63. The molecule has 86 valence electrons. The van der Waals surface area contributed by atoms with E-state index in [1.54, 1.807) is 0 Å². The number of hydrogen-bond donors (Lipinski definition) is 1. The predicted octanol–water partition coefficient (Wildman–Crippen LogP) is 3.30. The fourth-order valence-corrected chi connectivity index (χ4v) is 3.06. The molecule has 0 rings (SSSR count). The van der Waals surface area contributed by atoms with Gasteiger partial charge in [0.15, 0.2) is 0 Å². The molecular weight excluding hydrogens is 211 g/mol. The molecule has 0 aliphatic rings. The highest BCUT2D eigenvalue weighted by Crippen LogP contribution is 2.56. The van der Waals surface area contributed by atoms with Gasteiger partial charge >= 0.3 is 0 Å². The first-order valence-electron chi connectivity index (χ1n) is 5.12. The smallest absolute Gasteiger partial charge is 0.0634 e. The molecule has 3 heteroatoms. The van der Waals surface area contributed by atoms with Crippen LogP contribution in [0.15, 0.2) is 0 Å². The summed E-state index contributed by atoms with van der Waals surface area (Å²) in [7, 11) is 0. The van der Waals surface area contributed by atoms with E-state index in [2.05, 4.69) is 48.2 Å². The molecule has 0 spiro atoms. The standard InChI is InChI=1S/C11H25OPS/c1-10(2,3)9(12)8-13(7,14)11(4,5)6/h9,12H,8H2,1-7H3/t9-,13+/m0/s1. The van der Waals surface area contributed by atoms with E-state index in [1.165, 1.54) is 0 Å². The summed E-state index contributed by atoms with van der Waals surface area (Å²) in [4.78, 5) is 0. The summed E-state index contributed by atoms with van der Waals surface area (Å²) in [5.74, 6) is 0. The van der Waals surface area contributed by atoms with Gasteiger partial charge < -0.3 is 5.11 Å². The van der Waals surface area contributed by atoms with Gasteiger partial charge in [0.05, 0.1) is 6.10 Å². The van der Waals surface area contributed by atoms with Gasteiger partial charge in [-0.15, -0.1) is 0 Å². The second-order valence-electron chi connectivity index (χ2n) is 6.34. The average Bonchev–Trinajstić information content (AvgIpc) is 1.80. The zero-order valence-electron chi connectivity index (χ0n) is 10.6. The second kappa shape index (κ2) is 4.23. The Bertz CT molecular complexity index is 235. The number of aliphatic hydroxyl groups excluding tert-OH is 1. The Hall–Kier alpha value is 0.610. The van der Waals surface area contributed by atoms with Crippen LogP contribution in [0, 0.1) is 5.41 Å². The summed E-state index contributed by atoms with van der Waals surface area (Å²) in [6.07, 6.45) is 0.507. The molecule has 14 heavy (non-hydrogen) atoms. The van der Waals surface area contributed by atoms with Gasteiger partial charge in [0, 0.05) is 6.16 Å². The van der Waals surface area contributed by atoms with E-state index in [9.17, 15) is 5.11 Å². The predicted molar refractivity (Wildman–Crippen MR) is 70.3 cm³/mol. The molecule has 0 aliphatic carbocycles. The third kappa shape index (κ3) is 4.00. The Morgan fingerprint density at radius 1 is 1.14 bits per heavy atom. The maximum atomic E-state index is 10.0. The van der Waals surface area contributed by atoms with Gasteiger partial charge in [-0.25, -0.2) is 0 Å². The van der Waals surface area contributed by atoms with Crippen LogP contribution in [0.5, 0.6) is 0 Å². The molecule has 0 saturated heterocycles. The van der Waals surface area contributed by atoms with Gasteiger partial charge in [-0.1, -0.05) is 53.3 Å². The van der Waals surface area contributed by atoms with Gasteiger partial charge in [-0.3, -0.25) is 0 Å². The van der Waals surface area contributed by atoms with Crippen LogP contribution in [0.1, 0.15) is 41.5 Å². The van der Waals surface area contributed by atoms with E-state index in [4.69, 9.17) is 11.8 Å². The van der Waals surface area contributed by atoms with E-state index < -0.39 is 6.04 Å². The minimum absolute atomic E-state index is 0.0503. The molecule has 0 aliphatic heterocycles. The third-order valence-corrected chi connectivity index (χ3v) is 8.91. The zero-order chi connectivity index (χ0) is 11.8. The minimum atomic E-state index is -1.45. The SMILES string of the molecule is CC(C)(C)[C@@H](O)C[P@@](C)(=S)C(C)(C)C. The van der Waals surface area contributed by atoms with Crippen LogP contribution >= 0.6 is 6.04 Å². The summed E-state index contributed by atoms with van der Waals surface area (Å²) in [5.41, 5.74) is -0.0503. The van der Waals surface area contributed by atoms with E-state index in [-0.39, 0.29) is 16.7 Å². The minimum Gasteiger partial charge on any atom is -0.392 e. The molecule has 0 unspecified atom stereocenters. The van der Waals surface area contributed by atoms with Crippen molar-refractivity contribution in [2.24, 2.45) is 5.41 Å². The second-order valence-corrected chi connectivity index (χ2v) is 12.7. The van der Waals surface area contributed by atoms with E-state index in [1.807, 2.05) is 0 Å². The molecular formula is C11H25OPS. The normalized spacial score (nSPS) is 20.3. The number of aliphatic hydroxyl groups is 1. The molecule has 0 heterocycles. The molecule has 1 N–H and O–H groups in total. The van der Waals surface area contributed by atoms with Crippen molar-refractivity contribution >= 4 is 17.8 Å². The highest BCUT2D eigenvalue weighted by atomic mass is 32.4. The zero-order valence-corrected chi connectivity index (χ0v) is 12.3. The maximum Gasteiger partial charge on any atom is 0.0634 e. The lowest BCUT2D eigenvalue weighted by atomic mass is 9.90. The van der Waals surface area contributed by atoms with E-state index in [0.717, 1.165) is 6.16 Å². The summed E-state index contributed by atoms with van der Waals surface area (Å²) in [5, 5.41) is 10.2. The van der Waals surface area contributed by atoms with Crippen LogP contribution < -0.4 is 0 Å². The van der Waals surface area contributed by atoms with Gasteiger partial charge in [-0.2, -0.15) is 0 Å². The molecule has 0 aromatic carbocycles. The number of rotatable bonds is 2. The van der Waals surface area contributed by atoms with Crippen LogP contribution in [0.3, 0.4) is 0 Å². The van der Waals surface area contributed by atoms with Crippen LogP contribution in [-0.4, -0.2) is 29.2 Å². The molecule has 0 radical (unpaired) electrons. The van der Waals surface area contributed by atoms with Crippen molar-refractivity contribution in [3.63, 3.8) is 0 Å². The molecule has 0 saturated carbocycles. The van der Waals surface area contributed by atoms with Crippen molar-refractivity contribution in [3.05, 3.63) is 0 Å². The van der Waals surface area contributed by atoms with Crippen molar-refractivity contribution in [2.45, 2.75) is 52.8 Å². The Kier molecular flexibility index (Phi) is 4.42. The maximum absolute atomic E-state index is 10.0.